The second-order valence-electron chi connectivity index (χ2n) is 9.98. The molecule has 0 radical (unpaired) electrons. The molecule has 1 fully saturated rings. The van der Waals surface area contributed by atoms with Crippen molar-refractivity contribution in [3.8, 4) is 11.6 Å². The minimum Gasteiger partial charge on any atom is -0.411 e. The average Bonchev–Trinajstić information content (AvgIpc) is 3.25. The van der Waals surface area contributed by atoms with E-state index in [0.717, 1.165) is 41.5 Å². The average molecular weight is 491 g/mol. The van der Waals surface area contributed by atoms with Crippen LogP contribution in [0, 0.1) is 6.92 Å². The highest BCUT2D eigenvalue weighted by Gasteiger charge is 2.28. The maximum Gasteiger partial charge on any atom is 0.405 e. The lowest BCUT2D eigenvalue weighted by molar-refractivity contribution is -0.115. The van der Waals surface area contributed by atoms with E-state index in [9.17, 15) is 13.2 Å². The summed E-state index contributed by atoms with van der Waals surface area (Å²) in [5.74, 6) is 0.239. The molecule has 3 N–H and O–H groups in total. The number of alkyl halides is 3. The highest BCUT2D eigenvalue weighted by atomic mass is 19.4. The number of rotatable bonds is 5. The molecule has 3 aromatic rings. The van der Waals surface area contributed by atoms with Gasteiger partial charge in [0, 0.05) is 23.5 Å². The molecule has 1 atom stereocenters. The molecule has 1 aromatic carbocycles. The molecule has 188 valence electrons. The van der Waals surface area contributed by atoms with Crippen LogP contribution in [0.4, 0.5) is 24.9 Å². The number of fused-ring (bicyclic) bond motifs is 1. The Hall–Kier alpha value is -3.37. The molecule has 0 spiro atoms. The van der Waals surface area contributed by atoms with Gasteiger partial charge in [-0.3, -0.25) is 0 Å². The van der Waals surface area contributed by atoms with Gasteiger partial charge in [0.05, 0.1) is 11.2 Å². The van der Waals surface area contributed by atoms with Crippen molar-refractivity contribution in [2.75, 3.05) is 17.2 Å². The number of oxime groups is 1. The fourth-order valence-corrected chi connectivity index (χ4v) is 4.29. The maximum atomic E-state index is 12.8. The number of anilines is 2. The summed E-state index contributed by atoms with van der Waals surface area (Å²) < 4.78 is 44.2. The van der Waals surface area contributed by atoms with Crippen molar-refractivity contribution >= 4 is 28.3 Å². The first-order valence-electron chi connectivity index (χ1n) is 11.5. The van der Waals surface area contributed by atoms with E-state index in [-0.39, 0.29) is 23.4 Å². The second kappa shape index (κ2) is 9.35. The van der Waals surface area contributed by atoms with Crippen LogP contribution in [0.2, 0.25) is 0 Å². The molecule has 0 bridgehead atoms. The van der Waals surface area contributed by atoms with Gasteiger partial charge in [-0.05, 0) is 60.9 Å². The normalized spacial score (nSPS) is 18.3. The molecule has 8 nitrogen and oxygen atoms in total. The van der Waals surface area contributed by atoms with Crippen LogP contribution in [0.25, 0.3) is 22.5 Å². The highest BCUT2D eigenvalue weighted by molar-refractivity contribution is 5.91. The van der Waals surface area contributed by atoms with Crippen LogP contribution in [0.1, 0.15) is 57.6 Å². The van der Waals surface area contributed by atoms with Crippen LogP contribution < -0.4 is 10.6 Å². The van der Waals surface area contributed by atoms with E-state index in [1.165, 1.54) is 0 Å². The number of halogens is 3. The molecule has 0 saturated heterocycles. The molecule has 2 aromatic heterocycles. The predicted octanol–water partition coefficient (Wildman–Crippen LogP) is 6.05. The molecular formula is C24H29F3N6O2. The number of hydrogen-bond donors (Lipinski definition) is 3. The Kier molecular flexibility index (Phi) is 6.61. The molecule has 4 rings (SSSR count). The van der Waals surface area contributed by atoms with Crippen LogP contribution in [-0.4, -0.2) is 44.9 Å². The van der Waals surface area contributed by atoms with Gasteiger partial charge in [-0.15, -0.1) is 5.10 Å². The number of aryl methyl sites for hydroxylation is 1. The lowest BCUT2D eigenvalue weighted by atomic mass is 9.84. The van der Waals surface area contributed by atoms with Crippen molar-refractivity contribution in [2.24, 2.45) is 5.16 Å². The first kappa shape index (κ1) is 24.7. The van der Waals surface area contributed by atoms with Crippen LogP contribution in [0.15, 0.2) is 27.8 Å². The summed E-state index contributed by atoms with van der Waals surface area (Å²) in [5, 5.41) is 27.1. The Morgan fingerprint density at radius 1 is 1.17 bits per heavy atom. The van der Waals surface area contributed by atoms with Gasteiger partial charge in [-0.25, -0.2) is 4.98 Å². The predicted molar refractivity (Wildman–Crippen MR) is 128 cm³/mol. The van der Waals surface area contributed by atoms with E-state index in [1.54, 1.807) is 18.2 Å². The van der Waals surface area contributed by atoms with Gasteiger partial charge in [0.2, 0.25) is 0 Å². The zero-order valence-electron chi connectivity index (χ0n) is 20.1. The van der Waals surface area contributed by atoms with E-state index in [2.05, 4.69) is 26.0 Å². The summed E-state index contributed by atoms with van der Waals surface area (Å²) in [7, 11) is 0. The summed E-state index contributed by atoms with van der Waals surface area (Å²) in [4.78, 5) is 4.78. The quantitative estimate of drug-likeness (QED) is 0.295. The molecule has 0 aliphatic heterocycles. The van der Waals surface area contributed by atoms with E-state index in [0.29, 0.717) is 23.3 Å². The van der Waals surface area contributed by atoms with Crippen molar-refractivity contribution in [3.05, 3.63) is 29.3 Å². The van der Waals surface area contributed by atoms with Crippen molar-refractivity contribution in [2.45, 2.75) is 71.0 Å². The Labute approximate surface area is 201 Å². The molecule has 2 heterocycles. The fraction of sp³-hybridized carbons (Fsp3) is 0.500. The third-order valence-corrected chi connectivity index (χ3v) is 6.03. The Morgan fingerprint density at radius 3 is 2.63 bits per heavy atom. The Bertz CT molecular complexity index is 1250. The van der Waals surface area contributed by atoms with Crippen molar-refractivity contribution in [1.29, 1.82) is 0 Å². The molecular weight excluding hydrogens is 461 g/mol. The molecule has 35 heavy (non-hydrogen) atoms. The number of pyridine rings is 1. The summed E-state index contributed by atoms with van der Waals surface area (Å²) in [5.41, 5.74) is 3.54. The third kappa shape index (κ3) is 5.83. The first-order chi connectivity index (χ1) is 16.4. The smallest absolute Gasteiger partial charge is 0.405 e. The van der Waals surface area contributed by atoms with Gasteiger partial charge in [-0.1, -0.05) is 31.0 Å². The lowest BCUT2D eigenvalue weighted by Crippen LogP contribution is -2.27. The topological polar surface area (TPSA) is 108 Å². The molecule has 11 heteroatoms. The Morgan fingerprint density at radius 2 is 1.94 bits per heavy atom. The monoisotopic (exact) mass is 490 g/mol. The summed E-state index contributed by atoms with van der Waals surface area (Å²) in [6.07, 6.45) is -1.15. The van der Waals surface area contributed by atoms with Gasteiger partial charge in [0.15, 0.2) is 0 Å². The van der Waals surface area contributed by atoms with Crippen molar-refractivity contribution in [3.63, 3.8) is 0 Å². The van der Waals surface area contributed by atoms with Crippen molar-refractivity contribution < 1.29 is 22.8 Å². The Balaban J connectivity index is 1.67. The summed E-state index contributed by atoms with van der Waals surface area (Å²) in [6.45, 7) is 6.73. The minimum absolute atomic E-state index is 0.0318. The SMILES string of the molecule is Cc1cc(-c2nnc(N[C@@H]3CCC/C(=N/O)C3)o2)nc2c(C(C)(C)C)cc(NCC(F)(F)F)cc12. The maximum absolute atomic E-state index is 12.8. The minimum atomic E-state index is -4.32. The van der Waals surface area contributed by atoms with Gasteiger partial charge in [-0.2, -0.15) is 13.2 Å². The first-order valence-corrected chi connectivity index (χ1v) is 11.5. The second-order valence-corrected chi connectivity index (χ2v) is 9.98. The van der Waals surface area contributed by atoms with E-state index < -0.39 is 12.7 Å². The lowest BCUT2D eigenvalue weighted by Gasteiger charge is -2.23. The molecule has 1 aliphatic carbocycles. The summed E-state index contributed by atoms with van der Waals surface area (Å²) >= 11 is 0. The van der Waals surface area contributed by atoms with Gasteiger partial charge in [0.25, 0.3) is 5.89 Å². The van der Waals surface area contributed by atoms with Crippen LogP contribution in [0.3, 0.4) is 0 Å². The number of hydrogen-bond acceptors (Lipinski definition) is 8. The van der Waals surface area contributed by atoms with E-state index >= 15 is 0 Å². The van der Waals surface area contributed by atoms with E-state index in [1.807, 2.05) is 27.7 Å². The van der Waals surface area contributed by atoms with E-state index in [4.69, 9.17) is 14.6 Å². The van der Waals surface area contributed by atoms with Gasteiger partial charge >= 0.3 is 12.2 Å². The molecule has 1 saturated carbocycles. The zero-order chi connectivity index (χ0) is 25.4. The number of nitrogens with one attached hydrogen (secondary N) is 2. The van der Waals surface area contributed by atoms with Crippen LogP contribution >= 0.6 is 0 Å². The molecule has 1 aliphatic rings. The number of aromatic nitrogens is 3. The zero-order valence-corrected chi connectivity index (χ0v) is 20.1. The fourth-order valence-electron chi connectivity index (χ4n) is 4.29. The van der Waals surface area contributed by atoms with Gasteiger partial charge in [0.1, 0.15) is 12.2 Å². The standard InChI is InChI=1S/C24H29F3N6O2/c1-13-8-19(21-31-32-22(35-21)29-14-6-5-7-15(9-14)33-34)30-20-17(13)10-16(28-12-24(25,26)27)11-18(20)23(2,3)4/h8,10-11,14,28,34H,5-7,9,12H2,1-4H3,(H,29,32)/b33-15-/t14-/m1/s1. The van der Waals surface area contributed by atoms with Crippen molar-refractivity contribution in [1.82, 2.24) is 15.2 Å². The number of benzene rings is 1. The van der Waals surface area contributed by atoms with Crippen LogP contribution in [0.5, 0.6) is 0 Å². The molecule has 0 unspecified atom stereocenters. The largest absolute Gasteiger partial charge is 0.411 e. The third-order valence-electron chi connectivity index (χ3n) is 6.03. The highest BCUT2D eigenvalue weighted by Crippen LogP contribution is 2.35. The van der Waals surface area contributed by atoms with Crippen LogP contribution in [-0.2, 0) is 5.41 Å². The number of nitrogens with zero attached hydrogens (tertiary/aromatic N) is 4. The summed E-state index contributed by atoms with van der Waals surface area (Å²) in [6, 6.07) is 5.48. The van der Waals surface area contributed by atoms with Gasteiger partial charge < -0.3 is 20.3 Å². The molecule has 0 amide bonds.